The van der Waals surface area contributed by atoms with Gasteiger partial charge in [-0.05, 0) is 80.5 Å². The normalized spacial score (nSPS) is 12.2. The van der Waals surface area contributed by atoms with Crippen molar-refractivity contribution in [1.82, 2.24) is 20.2 Å². The van der Waals surface area contributed by atoms with Gasteiger partial charge in [0.05, 0.1) is 26.9 Å². The van der Waals surface area contributed by atoms with Gasteiger partial charge in [-0.25, -0.2) is 4.98 Å². The summed E-state index contributed by atoms with van der Waals surface area (Å²) in [5.74, 6) is 1.91. The first-order chi connectivity index (χ1) is 18.9. The lowest BCUT2D eigenvalue weighted by atomic mass is 10.0. The standard InChI is InChI=1S/C31H36N4O4/c1-21(23-9-13-27(37-4)28(19-23)38-5)34-29(36)14-10-24-20-33-31-30(24)26(15-16-32-31)22-7-11-25(12-8-22)39-18-6-17-35(2)3/h7-16,19-21H,6,17-18H2,1-5H3,(H,32,33)(H,34,36)/b14-10+/t21-/m1/s1. The van der Waals surface area contributed by atoms with Gasteiger partial charge in [-0.2, -0.15) is 0 Å². The smallest absolute Gasteiger partial charge is 0.244 e. The lowest BCUT2D eigenvalue weighted by Gasteiger charge is -2.15. The number of amides is 1. The Labute approximate surface area is 229 Å². The third kappa shape index (κ3) is 6.97. The van der Waals surface area contributed by atoms with Gasteiger partial charge >= 0.3 is 0 Å². The van der Waals surface area contributed by atoms with Crippen LogP contribution in [0.2, 0.25) is 0 Å². The molecule has 0 bridgehead atoms. The maximum absolute atomic E-state index is 12.8. The molecule has 0 aliphatic heterocycles. The van der Waals surface area contributed by atoms with Crippen LogP contribution in [0.15, 0.2) is 67.0 Å². The molecule has 8 nitrogen and oxygen atoms in total. The number of pyridine rings is 1. The molecule has 4 aromatic rings. The number of fused-ring (bicyclic) bond motifs is 1. The molecule has 0 aliphatic rings. The van der Waals surface area contributed by atoms with Crippen molar-refractivity contribution in [2.75, 3.05) is 41.5 Å². The van der Waals surface area contributed by atoms with E-state index in [-0.39, 0.29) is 11.9 Å². The predicted octanol–water partition coefficient (Wildman–Crippen LogP) is 5.47. The topological polar surface area (TPSA) is 88.7 Å². The number of nitrogens with one attached hydrogen (secondary N) is 2. The first-order valence-corrected chi connectivity index (χ1v) is 12.9. The van der Waals surface area contributed by atoms with Crippen LogP contribution in [0.1, 0.15) is 30.5 Å². The van der Waals surface area contributed by atoms with Crippen molar-refractivity contribution < 1.29 is 19.0 Å². The van der Waals surface area contributed by atoms with Crippen molar-refractivity contribution in [1.29, 1.82) is 0 Å². The molecule has 0 fully saturated rings. The summed E-state index contributed by atoms with van der Waals surface area (Å²) < 4.78 is 16.6. The Kier molecular flexibility index (Phi) is 9.22. The van der Waals surface area contributed by atoms with Gasteiger partial charge in [-0.15, -0.1) is 0 Å². The highest BCUT2D eigenvalue weighted by Gasteiger charge is 2.13. The molecule has 39 heavy (non-hydrogen) atoms. The first kappa shape index (κ1) is 27.7. The number of ether oxygens (including phenoxy) is 3. The van der Waals surface area contributed by atoms with Crippen molar-refractivity contribution in [2.45, 2.75) is 19.4 Å². The summed E-state index contributed by atoms with van der Waals surface area (Å²) in [6, 6.07) is 15.5. The molecule has 0 saturated carbocycles. The van der Waals surface area contributed by atoms with E-state index in [0.717, 1.165) is 52.0 Å². The number of nitrogens with zero attached hydrogens (tertiary/aromatic N) is 2. The van der Waals surface area contributed by atoms with Crippen LogP contribution in [0.4, 0.5) is 0 Å². The van der Waals surface area contributed by atoms with E-state index in [4.69, 9.17) is 14.2 Å². The second-order valence-electron chi connectivity index (χ2n) is 9.53. The number of benzene rings is 2. The van der Waals surface area contributed by atoms with E-state index in [2.05, 4.69) is 34.3 Å². The molecule has 0 spiro atoms. The number of aromatic amines is 1. The summed E-state index contributed by atoms with van der Waals surface area (Å²) in [6.07, 6.45) is 7.97. The minimum absolute atomic E-state index is 0.201. The van der Waals surface area contributed by atoms with Crippen LogP contribution in [0.5, 0.6) is 17.2 Å². The van der Waals surface area contributed by atoms with E-state index in [1.54, 1.807) is 26.5 Å². The number of aromatic nitrogens is 2. The van der Waals surface area contributed by atoms with Crippen LogP contribution in [0.25, 0.3) is 28.2 Å². The van der Waals surface area contributed by atoms with Gasteiger partial charge in [-0.3, -0.25) is 4.79 Å². The van der Waals surface area contributed by atoms with Crippen molar-refractivity contribution >= 4 is 23.0 Å². The second-order valence-corrected chi connectivity index (χ2v) is 9.53. The number of carbonyl (C=O) groups is 1. The number of hydrogen-bond acceptors (Lipinski definition) is 6. The Bertz CT molecular complexity index is 1430. The Morgan fingerprint density at radius 2 is 1.85 bits per heavy atom. The Balaban J connectivity index is 1.47. The van der Waals surface area contributed by atoms with Crippen molar-refractivity contribution in [3.05, 3.63) is 78.1 Å². The number of carbonyl (C=O) groups excluding carboxylic acids is 1. The van der Waals surface area contributed by atoms with Gasteiger partial charge in [0.25, 0.3) is 0 Å². The van der Waals surface area contributed by atoms with Crippen LogP contribution in [-0.2, 0) is 4.79 Å². The van der Waals surface area contributed by atoms with Gasteiger partial charge in [-0.1, -0.05) is 18.2 Å². The largest absolute Gasteiger partial charge is 0.494 e. The molecule has 0 unspecified atom stereocenters. The van der Waals surface area contributed by atoms with E-state index in [9.17, 15) is 4.79 Å². The lowest BCUT2D eigenvalue weighted by Crippen LogP contribution is -2.24. The highest BCUT2D eigenvalue weighted by Crippen LogP contribution is 2.32. The summed E-state index contributed by atoms with van der Waals surface area (Å²) in [5, 5.41) is 3.96. The van der Waals surface area contributed by atoms with E-state index in [0.29, 0.717) is 18.1 Å². The first-order valence-electron chi connectivity index (χ1n) is 12.9. The molecule has 204 valence electrons. The maximum atomic E-state index is 12.8. The van der Waals surface area contributed by atoms with Gasteiger partial charge in [0.2, 0.25) is 5.91 Å². The summed E-state index contributed by atoms with van der Waals surface area (Å²) in [5.41, 5.74) is 4.63. The number of rotatable bonds is 12. The summed E-state index contributed by atoms with van der Waals surface area (Å²) >= 11 is 0. The van der Waals surface area contributed by atoms with Gasteiger partial charge < -0.3 is 29.4 Å². The highest BCUT2D eigenvalue weighted by molar-refractivity contribution is 6.01. The van der Waals surface area contributed by atoms with E-state index in [1.165, 1.54) is 0 Å². The van der Waals surface area contributed by atoms with E-state index >= 15 is 0 Å². The summed E-state index contributed by atoms with van der Waals surface area (Å²) in [4.78, 5) is 22.6. The molecular weight excluding hydrogens is 492 g/mol. The van der Waals surface area contributed by atoms with Crippen LogP contribution < -0.4 is 19.5 Å². The van der Waals surface area contributed by atoms with Gasteiger partial charge in [0.1, 0.15) is 11.4 Å². The quantitative estimate of drug-likeness (QED) is 0.187. The molecule has 0 saturated heterocycles. The minimum Gasteiger partial charge on any atom is -0.494 e. The zero-order chi connectivity index (χ0) is 27.8. The zero-order valence-corrected chi connectivity index (χ0v) is 23.2. The molecule has 2 aromatic heterocycles. The van der Waals surface area contributed by atoms with Crippen LogP contribution in [0.3, 0.4) is 0 Å². The third-order valence-corrected chi connectivity index (χ3v) is 6.47. The Morgan fingerprint density at radius 1 is 1.08 bits per heavy atom. The molecule has 0 radical (unpaired) electrons. The van der Waals surface area contributed by atoms with Gasteiger partial charge in [0.15, 0.2) is 11.5 Å². The monoisotopic (exact) mass is 528 g/mol. The average molecular weight is 529 g/mol. The van der Waals surface area contributed by atoms with Crippen LogP contribution in [-0.4, -0.2) is 62.2 Å². The summed E-state index contributed by atoms with van der Waals surface area (Å²) in [7, 11) is 7.30. The molecule has 0 aliphatic carbocycles. The predicted molar refractivity (Wildman–Crippen MR) is 155 cm³/mol. The highest BCUT2D eigenvalue weighted by atomic mass is 16.5. The van der Waals surface area contributed by atoms with Crippen molar-refractivity contribution in [2.24, 2.45) is 0 Å². The van der Waals surface area contributed by atoms with Crippen LogP contribution in [0, 0.1) is 0 Å². The van der Waals surface area contributed by atoms with Crippen molar-refractivity contribution in [3.63, 3.8) is 0 Å². The Hall–Kier alpha value is -4.30. The molecule has 2 heterocycles. The molecule has 8 heteroatoms. The maximum Gasteiger partial charge on any atom is 0.244 e. The fraction of sp³-hybridized carbons (Fsp3) is 0.290. The van der Waals surface area contributed by atoms with Crippen molar-refractivity contribution in [3.8, 4) is 28.4 Å². The number of hydrogen-bond donors (Lipinski definition) is 2. The molecular formula is C31H36N4O4. The summed E-state index contributed by atoms with van der Waals surface area (Å²) in [6.45, 7) is 3.59. The Morgan fingerprint density at radius 3 is 2.56 bits per heavy atom. The van der Waals surface area contributed by atoms with E-state index < -0.39 is 0 Å². The zero-order valence-electron chi connectivity index (χ0n) is 23.2. The van der Waals surface area contributed by atoms with Gasteiger partial charge in [0, 0.05) is 36.0 Å². The van der Waals surface area contributed by atoms with Crippen LogP contribution >= 0.6 is 0 Å². The second kappa shape index (κ2) is 13.0. The SMILES string of the molecule is COc1ccc([C@@H](C)NC(=O)/C=C/c2c[nH]c3nccc(-c4ccc(OCCCN(C)C)cc4)c23)cc1OC. The fourth-order valence-corrected chi connectivity index (χ4v) is 4.39. The number of H-pyrrole nitrogens is 1. The molecule has 2 aromatic carbocycles. The minimum atomic E-state index is -0.217. The van der Waals surface area contributed by atoms with E-state index in [1.807, 2.05) is 67.7 Å². The fourth-order valence-electron chi connectivity index (χ4n) is 4.39. The average Bonchev–Trinajstić information content (AvgIpc) is 3.37. The third-order valence-electron chi connectivity index (χ3n) is 6.47. The molecule has 1 atom stereocenters. The lowest BCUT2D eigenvalue weighted by molar-refractivity contribution is -0.117. The molecule has 1 amide bonds. The molecule has 2 N–H and O–H groups in total. The number of methoxy groups -OCH3 is 2. The molecule has 4 rings (SSSR count).